The molecule has 3 N–H and O–H groups in total. The Kier molecular flexibility index (Phi) is 7.83. The summed E-state index contributed by atoms with van der Waals surface area (Å²) in [5.41, 5.74) is 1.47. The molecule has 0 fully saturated rings. The number of carbonyl (C=O) groups is 3. The van der Waals surface area contributed by atoms with Crippen LogP contribution in [0.5, 0.6) is 0 Å². The minimum absolute atomic E-state index is 0.0773. The first-order chi connectivity index (χ1) is 13.1. The Hall–Kier alpha value is -3.36. The van der Waals surface area contributed by atoms with E-state index in [1.165, 1.54) is 6.33 Å². The molecule has 0 aliphatic rings. The zero-order valence-electron chi connectivity index (χ0n) is 14.9. The topological polar surface area (TPSA) is 122 Å². The third-order valence-electron chi connectivity index (χ3n) is 3.51. The molecule has 2 aromatic rings. The Morgan fingerprint density at radius 2 is 1.96 bits per heavy atom. The second-order valence-corrected chi connectivity index (χ2v) is 5.56. The molecule has 0 bridgehead atoms. The van der Waals surface area contributed by atoms with E-state index < -0.39 is 24.0 Å². The fraction of sp³-hybridized carbons (Fsp3) is 0.333. The van der Waals surface area contributed by atoms with Crippen molar-refractivity contribution in [1.82, 2.24) is 20.6 Å². The zero-order valence-corrected chi connectivity index (χ0v) is 14.9. The largest absolute Gasteiger partial charge is 0.465 e. The summed E-state index contributed by atoms with van der Waals surface area (Å²) in [5, 5.41) is 4.95. The molecule has 0 spiro atoms. The van der Waals surface area contributed by atoms with Crippen LogP contribution in [0, 0.1) is 0 Å². The number of esters is 1. The zero-order chi connectivity index (χ0) is 19.5. The molecule has 144 valence electrons. The van der Waals surface area contributed by atoms with Gasteiger partial charge in [0.05, 0.1) is 12.9 Å². The van der Waals surface area contributed by atoms with E-state index in [4.69, 9.17) is 9.47 Å². The first-order valence-corrected chi connectivity index (χ1v) is 8.46. The number of carbonyl (C=O) groups excluding carboxylic acids is 3. The third-order valence-corrected chi connectivity index (χ3v) is 3.51. The molecular formula is C18H22N4O5. The maximum absolute atomic E-state index is 12.4. The van der Waals surface area contributed by atoms with Crippen molar-refractivity contribution >= 4 is 18.0 Å². The molecule has 1 atom stereocenters. The maximum Gasteiger partial charge on any atom is 0.408 e. The fourth-order valence-electron chi connectivity index (χ4n) is 2.23. The second kappa shape index (κ2) is 10.6. The lowest BCUT2D eigenvalue weighted by molar-refractivity contribution is -0.143. The lowest BCUT2D eigenvalue weighted by Gasteiger charge is -2.17. The van der Waals surface area contributed by atoms with Crippen LogP contribution >= 0.6 is 0 Å². The quantitative estimate of drug-likeness (QED) is 0.561. The fourth-order valence-corrected chi connectivity index (χ4v) is 2.23. The van der Waals surface area contributed by atoms with E-state index in [-0.39, 0.29) is 26.2 Å². The highest BCUT2D eigenvalue weighted by Gasteiger charge is 2.23. The predicted octanol–water partition coefficient (Wildman–Crippen LogP) is 0.927. The van der Waals surface area contributed by atoms with Crippen LogP contribution in [-0.4, -0.2) is 47.1 Å². The van der Waals surface area contributed by atoms with E-state index >= 15 is 0 Å². The second-order valence-electron chi connectivity index (χ2n) is 5.56. The molecule has 1 heterocycles. The van der Waals surface area contributed by atoms with Gasteiger partial charge in [-0.1, -0.05) is 30.3 Å². The molecule has 2 amide bonds. The summed E-state index contributed by atoms with van der Waals surface area (Å²) >= 11 is 0. The summed E-state index contributed by atoms with van der Waals surface area (Å²) in [7, 11) is 0. The number of hydrogen-bond donors (Lipinski definition) is 3. The normalized spacial score (nSPS) is 11.3. The van der Waals surface area contributed by atoms with Crippen LogP contribution in [0.1, 0.15) is 18.2 Å². The number of benzene rings is 1. The Bertz CT molecular complexity index is 733. The van der Waals surface area contributed by atoms with E-state index in [0.717, 1.165) is 5.56 Å². The molecule has 0 aliphatic heterocycles. The molecule has 0 radical (unpaired) electrons. The highest BCUT2D eigenvalue weighted by Crippen LogP contribution is 2.03. The van der Waals surface area contributed by atoms with Gasteiger partial charge in [-0.25, -0.2) is 9.78 Å². The van der Waals surface area contributed by atoms with Gasteiger partial charge in [0.15, 0.2) is 0 Å². The van der Waals surface area contributed by atoms with Crippen molar-refractivity contribution in [2.75, 3.05) is 13.2 Å². The molecule has 27 heavy (non-hydrogen) atoms. The molecule has 0 saturated heterocycles. The first-order valence-electron chi connectivity index (χ1n) is 8.46. The van der Waals surface area contributed by atoms with Crippen LogP contribution in [0.3, 0.4) is 0 Å². The van der Waals surface area contributed by atoms with Gasteiger partial charge >= 0.3 is 12.1 Å². The number of rotatable bonds is 9. The van der Waals surface area contributed by atoms with E-state index in [2.05, 4.69) is 20.6 Å². The number of imidazole rings is 1. The van der Waals surface area contributed by atoms with E-state index in [9.17, 15) is 14.4 Å². The van der Waals surface area contributed by atoms with Gasteiger partial charge in [-0.15, -0.1) is 0 Å². The Balaban J connectivity index is 1.91. The number of nitrogens with one attached hydrogen (secondary N) is 3. The van der Waals surface area contributed by atoms with Crippen LogP contribution in [0.25, 0.3) is 0 Å². The molecule has 2 rings (SSSR count). The van der Waals surface area contributed by atoms with Crippen LogP contribution in [0.4, 0.5) is 4.79 Å². The third kappa shape index (κ3) is 7.18. The van der Waals surface area contributed by atoms with Gasteiger partial charge in [-0.3, -0.25) is 9.59 Å². The van der Waals surface area contributed by atoms with Crippen molar-refractivity contribution in [3.63, 3.8) is 0 Å². The molecule has 0 aliphatic carbocycles. The molecule has 9 nitrogen and oxygen atoms in total. The summed E-state index contributed by atoms with van der Waals surface area (Å²) < 4.78 is 9.91. The van der Waals surface area contributed by atoms with Crippen LogP contribution in [0.2, 0.25) is 0 Å². The van der Waals surface area contributed by atoms with Crippen molar-refractivity contribution in [3.8, 4) is 0 Å². The van der Waals surface area contributed by atoms with E-state index in [1.807, 2.05) is 30.3 Å². The van der Waals surface area contributed by atoms with Gasteiger partial charge in [-0.05, 0) is 12.5 Å². The van der Waals surface area contributed by atoms with Gasteiger partial charge in [-0.2, -0.15) is 0 Å². The predicted molar refractivity (Wildman–Crippen MR) is 95.5 cm³/mol. The molecular weight excluding hydrogens is 352 g/mol. The van der Waals surface area contributed by atoms with Crippen molar-refractivity contribution in [1.29, 1.82) is 0 Å². The number of aromatic amines is 1. The maximum atomic E-state index is 12.4. The number of aromatic nitrogens is 2. The lowest BCUT2D eigenvalue weighted by Crippen LogP contribution is -2.49. The molecule has 9 heteroatoms. The van der Waals surface area contributed by atoms with Gasteiger partial charge in [0.25, 0.3) is 0 Å². The average Bonchev–Trinajstić information content (AvgIpc) is 3.18. The number of H-pyrrole nitrogens is 1. The van der Waals surface area contributed by atoms with Crippen LogP contribution in [-0.2, 0) is 32.1 Å². The highest BCUT2D eigenvalue weighted by atomic mass is 16.5. The number of alkyl carbamates (subject to hydrolysis) is 1. The minimum Gasteiger partial charge on any atom is -0.465 e. The summed E-state index contributed by atoms with van der Waals surface area (Å²) in [4.78, 5) is 42.6. The summed E-state index contributed by atoms with van der Waals surface area (Å²) in [6.07, 6.45) is 2.43. The van der Waals surface area contributed by atoms with Crippen molar-refractivity contribution < 1.29 is 23.9 Å². The minimum atomic E-state index is -0.942. The number of amides is 2. The SMILES string of the molecule is CCOC(=O)CNC(=O)[C@@H](Cc1cnc[nH]1)NC(=O)OCc1ccccc1. The molecule has 1 aromatic carbocycles. The number of ether oxygens (including phenoxy) is 2. The summed E-state index contributed by atoms with van der Waals surface area (Å²) in [6.45, 7) is 1.68. The average molecular weight is 374 g/mol. The van der Waals surface area contributed by atoms with Crippen molar-refractivity contribution in [2.45, 2.75) is 26.0 Å². The number of nitrogens with zero attached hydrogens (tertiary/aromatic N) is 1. The Morgan fingerprint density at radius 1 is 1.19 bits per heavy atom. The molecule has 0 saturated carbocycles. The monoisotopic (exact) mass is 374 g/mol. The molecule has 1 aromatic heterocycles. The number of hydrogen-bond acceptors (Lipinski definition) is 6. The lowest BCUT2D eigenvalue weighted by atomic mass is 10.1. The van der Waals surface area contributed by atoms with Gasteiger partial charge in [0.2, 0.25) is 5.91 Å². The van der Waals surface area contributed by atoms with Crippen LogP contribution < -0.4 is 10.6 Å². The van der Waals surface area contributed by atoms with Crippen LogP contribution in [0.15, 0.2) is 42.9 Å². The standard InChI is InChI=1S/C18H22N4O5/c1-2-26-16(23)10-20-17(24)15(8-14-9-19-12-21-14)22-18(25)27-11-13-6-4-3-5-7-13/h3-7,9,12,15H,2,8,10-11H2,1H3,(H,19,21)(H,20,24)(H,22,25)/t15-/m1/s1. The Morgan fingerprint density at radius 3 is 2.63 bits per heavy atom. The molecule has 0 unspecified atom stereocenters. The van der Waals surface area contributed by atoms with Gasteiger partial charge in [0.1, 0.15) is 19.2 Å². The summed E-state index contributed by atoms with van der Waals surface area (Å²) in [6, 6.07) is 8.23. The van der Waals surface area contributed by atoms with Crippen molar-refractivity contribution in [3.05, 3.63) is 54.1 Å². The smallest absolute Gasteiger partial charge is 0.408 e. The van der Waals surface area contributed by atoms with E-state index in [1.54, 1.807) is 13.1 Å². The van der Waals surface area contributed by atoms with Gasteiger partial charge < -0.3 is 25.1 Å². The summed E-state index contributed by atoms with van der Waals surface area (Å²) in [5.74, 6) is -1.09. The van der Waals surface area contributed by atoms with Gasteiger partial charge in [0, 0.05) is 18.3 Å². The Labute approximate surface area is 156 Å². The van der Waals surface area contributed by atoms with E-state index in [0.29, 0.717) is 5.69 Å². The first kappa shape index (κ1) is 20.0. The van der Waals surface area contributed by atoms with Crippen molar-refractivity contribution in [2.24, 2.45) is 0 Å². The highest BCUT2D eigenvalue weighted by molar-refractivity contribution is 5.88.